The Kier molecular flexibility index (Phi) is 3.77. The Balaban J connectivity index is 1.98. The molecule has 6 heteroatoms. The highest BCUT2D eigenvalue weighted by molar-refractivity contribution is 6.06. The summed E-state index contributed by atoms with van der Waals surface area (Å²) < 4.78 is 0. The van der Waals surface area contributed by atoms with Crippen LogP contribution in [0.3, 0.4) is 0 Å². The molecule has 22 heavy (non-hydrogen) atoms. The number of aryl methyl sites for hydroxylation is 1. The molecule has 2 N–H and O–H groups in total. The molecule has 0 radical (unpaired) electrons. The highest BCUT2D eigenvalue weighted by Gasteiger charge is 2.32. The Morgan fingerprint density at radius 2 is 2.18 bits per heavy atom. The third-order valence-electron chi connectivity index (χ3n) is 3.83. The van der Waals surface area contributed by atoms with E-state index in [-0.39, 0.29) is 18.4 Å². The second-order valence-corrected chi connectivity index (χ2v) is 5.32. The number of aliphatic hydroxyl groups is 1. The molecule has 0 fully saturated rings. The Labute approximate surface area is 128 Å². The fourth-order valence-corrected chi connectivity index (χ4v) is 2.77. The van der Waals surface area contributed by atoms with Gasteiger partial charge in [0.15, 0.2) is 0 Å². The Morgan fingerprint density at radius 3 is 2.91 bits per heavy atom. The number of benzene rings is 1. The van der Waals surface area contributed by atoms with E-state index in [1.807, 2.05) is 31.2 Å². The second-order valence-electron chi connectivity index (χ2n) is 5.32. The third-order valence-corrected chi connectivity index (χ3v) is 3.83. The number of anilines is 2. The molecule has 0 saturated carbocycles. The van der Waals surface area contributed by atoms with Gasteiger partial charge in [-0.3, -0.25) is 4.79 Å². The van der Waals surface area contributed by atoms with Crippen molar-refractivity contribution < 1.29 is 9.90 Å². The maximum Gasteiger partial charge on any atom is 0.277 e. The SMILES string of the molecule is CNc1nc(C)cc(C(=O)N2CC(CO)c3ccccc32)n1. The van der Waals surface area contributed by atoms with Crippen LogP contribution < -0.4 is 10.2 Å². The maximum absolute atomic E-state index is 12.8. The summed E-state index contributed by atoms with van der Waals surface area (Å²) in [5.41, 5.74) is 2.92. The highest BCUT2D eigenvalue weighted by atomic mass is 16.3. The number of rotatable bonds is 3. The molecule has 2 heterocycles. The molecule has 1 unspecified atom stereocenters. The van der Waals surface area contributed by atoms with Crippen molar-refractivity contribution in [3.8, 4) is 0 Å². The van der Waals surface area contributed by atoms with Gasteiger partial charge in [-0.05, 0) is 24.6 Å². The lowest BCUT2D eigenvalue weighted by Gasteiger charge is -2.17. The predicted molar refractivity (Wildman–Crippen MR) is 84.3 cm³/mol. The van der Waals surface area contributed by atoms with E-state index in [0.717, 1.165) is 16.9 Å². The van der Waals surface area contributed by atoms with Crippen molar-refractivity contribution in [1.29, 1.82) is 0 Å². The number of hydrogen-bond acceptors (Lipinski definition) is 5. The van der Waals surface area contributed by atoms with Gasteiger partial charge in [-0.25, -0.2) is 9.97 Å². The van der Waals surface area contributed by atoms with E-state index >= 15 is 0 Å². The minimum Gasteiger partial charge on any atom is -0.396 e. The molecule has 3 rings (SSSR count). The first-order valence-electron chi connectivity index (χ1n) is 7.19. The first-order valence-corrected chi connectivity index (χ1v) is 7.19. The van der Waals surface area contributed by atoms with Gasteiger partial charge in [0.2, 0.25) is 5.95 Å². The van der Waals surface area contributed by atoms with Gasteiger partial charge in [0, 0.05) is 30.9 Å². The summed E-state index contributed by atoms with van der Waals surface area (Å²) in [4.78, 5) is 22.9. The van der Waals surface area contributed by atoms with Crippen LogP contribution >= 0.6 is 0 Å². The van der Waals surface area contributed by atoms with Crippen LogP contribution in [0.25, 0.3) is 0 Å². The number of amides is 1. The lowest BCUT2D eigenvalue weighted by molar-refractivity contribution is 0.0982. The summed E-state index contributed by atoms with van der Waals surface area (Å²) in [6, 6.07) is 9.34. The van der Waals surface area contributed by atoms with Gasteiger partial charge in [0.05, 0.1) is 6.61 Å². The van der Waals surface area contributed by atoms with Crippen molar-refractivity contribution in [3.63, 3.8) is 0 Å². The van der Waals surface area contributed by atoms with Crippen molar-refractivity contribution in [2.75, 3.05) is 30.4 Å². The van der Waals surface area contributed by atoms with Crippen LogP contribution in [0.15, 0.2) is 30.3 Å². The minimum atomic E-state index is -0.176. The van der Waals surface area contributed by atoms with Crippen molar-refractivity contribution in [2.45, 2.75) is 12.8 Å². The number of para-hydroxylation sites is 1. The molecule has 114 valence electrons. The van der Waals surface area contributed by atoms with Gasteiger partial charge in [-0.2, -0.15) is 0 Å². The van der Waals surface area contributed by atoms with Crippen LogP contribution in [0.2, 0.25) is 0 Å². The fraction of sp³-hybridized carbons (Fsp3) is 0.312. The van der Waals surface area contributed by atoms with Crippen molar-refractivity contribution >= 4 is 17.5 Å². The molecule has 1 aromatic heterocycles. The maximum atomic E-state index is 12.8. The number of carbonyl (C=O) groups is 1. The van der Waals surface area contributed by atoms with Crippen molar-refractivity contribution in [2.24, 2.45) is 0 Å². The standard InChI is InChI=1S/C16H18N4O2/c1-10-7-13(19-16(17-2)18-10)15(22)20-8-11(9-21)12-5-3-4-6-14(12)20/h3-7,11,21H,8-9H2,1-2H3,(H,17,18,19). The summed E-state index contributed by atoms with van der Waals surface area (Å²) in [7, 11) is 1.72. The van der Waals surface area contributed by atoms with Crippen LogP contribution in [0.5, 0.6) is 0 Å². The number of carbonyl (C=O) groups excluding carboxylic acids is 1. The van der Waals surface area contributed by atoms with Gasteiger partial charge < -0.3 is 15.3 Å². The molecule has 1 aromatic carbocycles. The summed E-state index contributed by atoms with van der Waals surface area (Å²) in [5, 5.41) is 12.4. The average molecular weight is 298 g/mol. The first kappa shape index (κ1) is 14.5. The van der Waals surface area contributed by atoms with E-state index in [4.69, 9.17) is 0 Å². The highest BCUT2D eigenvalue weighted by Crippen LogP contribution is 2.36. The Hall–Kier alpha value is -2.47. The van der Waals surface area contributed by atoms with Gasteiger partial charge >= 0.3 is 0 Å². The monoisotopic (exact) mass is 298 g/mol. The molecule has 1 aliphatic rings. The molecule has 0 aliphatic carbocycles. The van der Waals surface area contributed by atoms with Gasteiger partial charge in [0.1, 0.15) is 5.69 Å². The second kappa shape index (κ2) is 5.73. The topological polar surface area (TPSA) is 78.4 Å². The number of fused-ring (bicyclic) bond motifs is 1. The molecule has 6 nitrogen and oxygen atoms in total. The van der Waals surface area contributed by atoms with Crippen LogP contribution in [-0.2, 0) is 0 Å². The van der Waals surface area contributed by atoms with Crippen LogP contribution in [0, 0.1) is 6.92 Å². The lowest BCUT2D eigenvalue weighted by Crippen LogP contribution is -2.31. The summed E-state index contributed by atoms with van der Waals surface area (Å²) >= 11 is 0. The van der Waals surface area contributed by atoms with Gasteiger partial charge in [-0.15, -0.1) is 0 Å². The van der Waals surface area contributed by atoms with Crippen LogP contribution in [0.1, 0.15) is 27.7 Å². The molecular formula is C16H18N4O2. The number of nitrogens with zero attached hydrogens (tertiary/aromatic N) is 3. The molecule has 0 saturated heterocycles. The third kappa shape index (κ3) is 2.42. The quantitative estimate of drug-likeness (QED) is 0.899. The van der Waals surface area contributed by atoms with Crippen molar-refractivity contribution in [1.82, 2.24) is 9.97 Å². The van der Waals surface area contributed by atoms with Crippen LogP contribution in [-0.4, -0.2) is 41.2 Å². The Morgan fingerprint density at radius 1 is 1.41 bits per heavy atom. The van der Waals surface area contributed by atoms with Crippen LogP contribution in [0.4, 0.5) is 11.6 Å². The zero-order chi connectivity index (χ0) is 15.7. The van der Waals surface area contributed by atoms with E-state index in [1.54, 1.807) is 18.0 Å². The number of aromatic nitrogens is 2. The molecule has 0 bridgehead atoms. The zero-order valence-corrected chi connectivity index (χ0v) is 12.6. The molecular weight excluding hydrogens is 280 g/mol. The number of aliphatic hydroxyl groups excluding tert-OH is 1. The summed E-state index contributed by atoms with van der Waals surface area (Å²) in [6.45, 7) is 2.31. The zero-order valence-electron chi connectivity index (χ0n) is 12.6. The average Bonchev–Trinajstić information content (AvgIpc) is 2.92. The van der Waals surface area contributed by atoms with E-state index in [0.29, 0.717) is 18.2 Å². The van der Waals surface area contributed by atoms with Gasteiger partial charge in [-0.1, -0.05) is 18.2 Å². The molecule has 2 aromatic rings. The molecule has 0 spiro atoms. The molecule has 1 atom stereocenters. The van der Waals surface area contributed by atoms with E-state index in [2.05, 4.69) is 15.3 Å². The van der Waals surface area contributed by atoms with E-state index < -0.39 is 0 Å². The van der Waals surface area contributed by atoms with Gasteiger partial charge in [0.25, 0.3) is 5.91 Å². The number of hydrogen-bond donors (Lipinski definition) is 2. The lowest BCUT2D eigenvalue weighted by atomic mass is 10.0. The largest absolute Gasteiger partial charge is 0.396 e. The Bertz CT molecular complexity index is 717. The summed E-state index contributed by atoms with van der Waals surface area (Å²) in [6.07, 6.45) is 0. The predicted octanol–water partition coefficient (Wildman–Crippen LogP) is 1.56. The minimum absolute atomic E-state index is 0.0192. The smallest absolute Gasteiger partial charge is 0.277 e. The van der Waals surface area contributed by atoms with E-state index in [1.165, 1.54) is 0 Å². The normalized spacial score (nSPS) is 16.5. The summed E-state index contributed by atoms with van der Waals surface area (Å²) in [5.74, 6) is 0.201. The first-order chi connectivity index (χ1) is 10.6. The van der Waals surface area contributed by atoms with Crippen molar-refractivity contribution in [3.05, 3.63) is 47.3 Å². The fourth-order valence-electron chi connectivity index (χ4n) is 2.77. The number of nitrogens with one attached hydrogen (secondary N) is 1. The van der Waals surface area contributed by atoms with E-state index in [9.17, 15) is 9.90 Å². The molecule has 1 aliphatic heterocycles. The molecule has 1 amide bonds.